The Bertz CT molecular complexity index is 1100. The summed E-state index contributed by atoms with van der Waals surface area (Å²) in [6.07, 6.45) is 3.19. The lowest BCUT2D eigenvalue weighted by atomic mass is 10.2. The molecule has 8 heteroatoms. The van der Waals surface area contributed by atoms with E-state index in [-0.39, 0.29) is 11.5 Å². The molecule has 3 aromatic rings. The lowest BCUT2D eigenvalue weighted by molar-refractivity contribution is -0.124. The SMILES string of the molecule is CC[C@H](C(=O)NCCCN1CCOCC1)n1c2ccccc2c2cnn(C)c(=O)c21. The highest BCUT2D eigenvalue weighted by Crippen LogP contribution is 2.30. The number of nitrogens with zero attached hydrogens (tertiary/aromatic N) is 4. The molecule has 1 aliphatic heterocycles. The summed E-state index contributed by atoms with van der Waals surface area (Å²) in [6.45, 7) is 6.99. The number of fused-ring (bicyclic) bond motifs is 3. The van der Waals surface area contributed by atoms with E-state index in [0.717, 1.165) is 55.6 Å². The van der Waals surface area contributed by atoms with Gasteiger partial charge >= 0.3 is 0 Å². The molecule has 0 bridgehead atoms. The Morgan fingerprint density at radius 3 is 2.77 bits per heavy atom. The van der Waals surface area contributed by atoms with Crippen LogP contribution in [0.1, 0.15) is 25.8 Å². The summed E-state index contributed by atoms with van der Waals surface area (Å²) in [6, 6.07) is 7.36. The lowest BCUT2D eigenvalue weighted by Gasteiger charge is -2.26. The van der Waals surface area contributed by atoms with E-state index >= 15 is 0 Å². The van der Waals surface area contributed by atoms with Crippen LogP contribution in [-0.2, 0) is 16.6 Å². The molecule has 1 amide bonds. The van der Waals surface area contributed by atoms with Crippen molar-refractivity contribution in [3.63, 3.8) is 0 Å². The Balaban J connectivity index is 1.58. The van der Waals surface area contributed by atoms with E-state index in [1.165, 1.54) is 4.68 Å². The second-order valence-corrected chi connectivity index (χ2v) is 7.75. The smallest absolute Gasteiger partial charge is 0.291 e. The molecule has 1 atom stereocenters. The fourth-order valence-electron chi connectivity index (χ4n) is 4.25. The van der Waals surface area contributed by atoms with E-state index in [4.69, 9.17) is 4.74 Å². The quantitative estimate of drug-likeness (QED) is 0.598. The molecular weight excluding hydrogens is 382 g/mol. The molecule has 3 heterocycles. The third-order valence-corrected chi connectivity index (χ3v) is 5.86. The molecule has 1 N–H and O–H groups in total. The van der Waals surface area contributed by atoms with Crippen molar-refractivity contribution in [2.24, 2.45) is 7.05 Å². The minimum Gasteiger partial charge on any atom is -0.379 e. The number of rotatable bonds is 7. The average molecular weight is 412 g/mol. The van der Waals surface area contributed by atoms with Crippen molar-refractivity contribution >= 4 is 27.7 Å². The maximum atomic E-state index is 13.1. The van der Waals surface area contributed by atoms with Crippen LogP contribution >= 0.6 is 0 Å². The number of aryl methyl sites for hydroxylation is 1. The number of amides is 1. The number of carbonyl (C=O) groups is 1. The minimum absolute atomic E-state index is 0.0546. The number of nitrogens with one attached hydrogen (secondary N) is 1. The number of carbonyl (C=O) groups excluding carboxylic acids is 1. The van der Waals surface area contributed by atoms with Crippen LogP contribution in [0.4, 0.5) is 0 Å². The van der Waals surface area contributed by atoms with Gasteiger partial charge in [-0.25, -0.2) is 4.68 Å². The van der Waals surface area contributed by atoms with Gasteiger partial charge in [0, 0.05) is 37.5 Å². The highest BCUT2D eigenvalue weighted by atomic mass is 16.5. The molecule has 1 aromatic carbocycles. The second-order valence-electron chi connectivity index (χ2n) is 7.75. The van der Waals surface area contributed by atoms with Crippen LogP contribution < -0.4 is 10.9 Å². The summed E-state index contributed by atoms with van der Waals surface area (Å²) in [4.78, 5) is 28.4. The van der Waals surface area contributed by atoms with E-state index in [2.05, 4.69) is 15.3 Å². The molecule has 0 unspecified atom stereocenters. The number of hydrogen-bond donors (Lipinski definition) is 1. The lowest BCUT2D eigenvalue weighted by Crippen LogP contribution is -2.39. The molecule has 0 radical (unpaired) electrons. The summed E-state index contributed by atoms with van der Waals surface area (Å²) in [5.74, 6) is -0.0546. The molecule has 0 spiro atoms. The summed E-state index contributed by atoms with van der Waals surface area (Å²) >= 11 is 0. The number of morpholine rings is 1. The van der Waals surface area contributed by atoms with E-state index < -0.39 is 6.04 Å². The molecule has 2 aromatic heterocycles. The molecular formula is C22H29N5O3. The van der Waals surface area contributed by atoms with Crippen LogP contribution in [0, 0.1) is 0 Å². The summed E-state index contributed by atoms with van der Waals surface area (Å²) in [7, 11) is 1.64. The van der Waals surface area contributed by atoms with Gasteiger partial charge in [-0.05, 0) is 25.5 Å². The van der Waals surface area contributed by atoms with E-state index in [1.807, 2.05) is 35.8 Å². The van der Waals surface area contributed by atoms with E-state index in [0.29, 0.717) is 18.5 Å². The number of hydrogen-bond acceptors (Lipinski definition) is 5. The first-order chi connectivity index (χ1) is 14.6. The third kappa shape index (κ3) is 3.85. The van der Waals surface area contributed by atoms with Crippen molar-refractivity contribution < 1.29 is 9.53 Å². The molecule has 8 nitrogen and oxygen atoms in total. The molecule has 1 saturated heterocycles. The van der Waals surface area contributed by atoms with Crippen molar-refractivity contribution in [2.75, 3.05) is 39.4 Å². The topological polar surface area (TPSA) is 81.4 Å². The first kappa shape index (κ1) is 20.6. The van der Waals surface area contributed by atoms with Crippen LogP contribution in [-0.4, -0.2) is 64.5 Å². The first-order valence-electron chi connectivity index (χ1n) is 10.6. The van der Waals surface area contributed by atoms with Gasteiger partial charge in [0.2, 0.25) is 5.91 Å². The summed E-state index contributed by atoms with van der Waals surface area (Å²) < 4.78 is 8.59. The van der Waals surface area contributed by atoms with Crippen LogP contribution in [0.15, 0.2) is 35.3 Å². The zero-order chi connectivity index (χ0) is 21.1. The van der Waals surface area contributed by atoms with Crippen molar-refractivity contribution in [3.8, 4) is 0 Å². The van der Waals surface area contributed by atoms with Crippen LogP contribution in [0.25, 0.3) is 21.8 Å². The molecule has 1 fully saturated rings. The molecule has 0 saturated carbocycles. The van der Waals surface area contributed by atoms with Crippen LogP contribution in [0.5, 0.6) is 0 Å². The minimum atomic E-state index is -0.453. The maximum absolute atomic E-state index is 13.1. The fourth-order valence-corrected chi connectivity index (χ4v) is 4.25. The Kier molecular flexibility index (Phi) is 6.15. The van der Waals surface area contributed by atoms with Gasteiger partial charge in [0.05, 0.1) is 24.9 Å². The normalized spacial score (nSPS) is 16.2. The van der Waals surface area contributed by atoms with Crippen LogP contribution in [0.2, 0.25) is 0 Å². The third-order valence-electron chi connectivity index (χ3n) is 5.86. The Morgan fingerprint density at radius 1 is 1.23 bits per heavy atom. The predicted molar refractivity (Wildman–Crippen MR) is 117 cm³/mol. The molecule has 4 rings (SSSR count). The predicted octanol–water partition coefficient (Wildman–Crippen LogP) is 1.68. The fraction of sp³-hybridized carbons (Fsp3) is 0.500. The zero-order valence-electron chi connectivity index (χ0n) is 17.6. The van der Waals surface area contributed by atoms with Crippen molar-refractivity contribution in [1.29, 1.82) is 0 Å². The maximum Gasteiger partial charge on any atom is 0.291 e. The number of benzene rings is 1. The number of ether oxygens (including phenoxy) is 1. The highest BCUT2D eigenvalue weighted by Gasteiger charge is 2.25. The van der Waals surface area contributed by atoms with Gasteiger partial charge in [0.25, 0.3) is 5.56 Å². The summed E-state index contributed by atoms with van der Waals surface area (Å²) in [5, 5.41) is 8.99. The standard InChI is InChI=1S/C22H29N5O3/c1-3-18(21(28)23-9-6-10-26-11-13-30-14-12-26)27-19-8-5-4-7-16(19)17-15-24-25(2)22(29)20(17)27/h4-5,7-8,15,18H,3,6,9-14H2,1-2H3,(H,23,28)/t18-/m1/s1. The van der Waals surface area contributed by atoms with Gasteiger partial charge in [-0.15, -0.1) is 0 Å². The van der Waals surface area contributed by atoms with Gasteiger partial charge in [-0.1, -0.05) is 25.1 Å². The molecule has 1 aliphatic rings. The molecule has 0 aliphatic carbocycles. The van der Waals surface area contributed by atoms with Gasteiger partial charge in [-0.3, -0.25) is 14.5 Å². The highest BCUT2D eigenvalue weighted by molar-refractivity contribution is 6.08. The second kappa shape index (κ2) is 8.97. The monoisotopic (exact) mass is 411 g/mol. The van der Waals surface area contributed by atoms with Gasteiger partial charge in [0.1, 0.15) is 11.6 Å². The molecule has 30 heavy (non-hydrogen) atoms. The number of para-hydroxylation sites is 1. The first-order valence-corrected chi connectivity index (χ1v) is 10.6. The largest absolute Gasteiger partial charge is 0.379 e. The van der Waals surface area contributed by atoms with Crippen LogP contribution in [0.3, 0.4) is 0 Å². The molecule has 160 valence electrons. The Morgan fingerprint density at radius 2 is 2.00 bits per heavy atom. The number of aromatic nitrogens is 3. The Labute approximate surface area is 175 Å². The summed E-state index contributed by atoms with van der Waals surface area (Å²) in [5.41, 5.74) is 1.22. The van der Waals surface area contributed by atoms with Gasteiger partial charge in [-0.2, -0.15) is 5.10 Å². The van der Waals surface area contributed by atoms with Crippen molar-refractivity contribution in [1.82, 2.24) is 24.6 Å². The van der Waals surface area contributed by atoms with Gasteiger partial charge < -0.3 is 14.6 Å². The van der Waals surface area contributed by atoms with Gasteiger partial charge in [0.15, 0.2) is 0 Å². The van der Waals surface area contributed by atoms with E-state index in [1.54, 1.807) is 13.2 Å². The van der Waals surface area contributed by atoms with E-state index in [9.17, 15) is 9.59 Å². The van der Waals surface area contributed by atoms with Crippen molar-refractivity contribution in [2.45, 2.75) is 25.8 Å². The average Bonchev–Trinajstić information content (AvgIpc) is 3.10. The van der Waals surface area contributed by atoms with Crippen molar-refractivity contribution in [3.05, 3.63) is 40.8 Å². The Hall–Kier alpha value is -2.71. The zero-order valence-corrected chi connectivity index (χ0v) is 17.6.